The first-order valence-corrected chi connectivity index (χ1v) is 8.42. The van der Waals surface area contributed by atoms with Crippen LogP contribution in [0.15, 0.2) is 36.8 Å². The summed E-state index contributed by atoms with van der Waals surface area (Å²) in [6.07, 6.45) is 4.97. The monoisotopic (exact) mass is 340 g/mol. The van der Waals surface area contributed by atoms with Crippen LogP contribution in [0.4, 0.5) is 0 Å². The number of likely N-dealkylation sites (tertiary alicyclic amines) is 1. The number of rotatable bonds is 4. The van der Waals surface area contributed by atoms with Gasteiger partial charge in [0.1, 0.15) is 11.3 Å². The predicted molar refractivity (Wildman–Crippen MR) is 90.4 cm³/mol. The average Bonchev–Trinajstić information content (AvgIpc) is 3.30. The van der Waals surface area contributed by atoms with Crippen molar-refractivity contribution in [2.24, 2.45) is 0 Å². The number of aliphatic hydroxyl groups is 1. The molecule has 2 aromatic heterocycles. The lowest BCUT2D eigenvalue weighted by atomic mass is 9.90. The lowest BCUT2D eigenvalue weighted by Gasteiger charge is -2.38. The Balaban J connectivity index is 1.42. The molecule has 1 fully saturated rings. The zero-order valence-corrected chi connectivity index (χ0v) is 13.8. The number of aromatic amines is 1. The van der Waals surface area contributed by atoms with Crippen molar-refractivity contribution >= 4 is 16.9 Å². The number of carbonyl (C=O) groups excluding carboxylic acids is 1. The quantitative estimate of drug-likeness (QED) is 0.739. The van der Waals surface area contributed by atoms with Crippen LogP contribution in [0.2, 0.25) is 0 Å². The minimum absolute atomic E-state index is 0.0272. The standard InChI is InChI=1S/C17H20N6O2/c24-16(6-9-23-12-18-13-4-1-2-5-14(13)23)22-8-3-7-17(25,11-22)15-10-19-21-20-15/h1-2,4-5,10,12,25H,3,6-9,11H2,(H,19,20,21)/t17-/m0/s1. The number of fused-ring (bicyclic) bond motifs is 1. The van der Waals surface area contributed by atoms with Crippen molar-refractivity contribution in [3.8, 4) is 0 Å². The second-order valence-corrected chi connectivity index (χ2v) is 6.48. The molecule has 8 nitrogen and oxygen atoms in total. The Morgan fingerprint density at radius 1 is 1.36 bits per heavy atom. The van der Waals surface area contributed by atoms with Gasteiger partial charge in [-0.05, 0) is 25.0 Å². The zero-order chi connectivity index (χ0) is 17.3. The highest BCUT2D eigenvalue weighted by atomic mass is 16.3. The molecule has 3 aromatic rings. The van der Waals surface area contributed by atoms with E-state index < -0.39 is 5.60 Å². The molecule has 0 radical (unpaired) electrons. The van der Waals surface area contributed by atoms with Crippen molar-refractivity contribution < 1.29 is 9.90 Å². The minimum atomic E-state index is -1.12. The molecule has 4 rings (SSSR count). The van der Waals surface area contributed by atoms with Crippen molar-refractivity contribution in [1.82, 2.24) is 29.9 Å². The number of carbonyl (C=O) groups is 1. The number of benzene rings is 1. The summed E-state index contributed by atoms with van der Waals surface area (Å²) in [7, 11) is 0. The van der Waals surface area contributed by atoms with E-state index >= 15 is 0 Å². The van der Waals surface area contributed by atoms with Gasteiger partial charge < -0.3 is 14.6 Å². The van der Waals surface area contributed by atoms with E-state index in [2.05, 4.69) is 20.4 Å². The number of piperidine rings is 1. The molecule has 0 spiro atoms. The van der Waals surface area contributed by atoms with Gasteiger partial charge in [-0.1, -0.05) is 12.1 Å². The van der Waals surface area contributed by atoms with Crippen molar-refractivity contribution in [3.63, 3.8) is 0 Å². The predicted octanol–water partition coefficient (Wildman–Crippen LogP) is 1.05. The van der Waals surface area contributed by atoms with Gasteiger partial charge in [-0.2, -0.15) is 15.4 Å². The van der Waals surface area contributed by atoms with Crippen molar-refractivity contribution in [2.75, 3.05) is 13.1 Å². The number of hydrogen-bond acceptors (Lipinski definition) is 5. The third-order valence-corrected chi connectivity index (χ3v) is 4.81. The summed E-state index contributed by atoms with van der Waals surface area (Å²) in [4.78, 5) is 18.7. The maximum atomic E-state index is 12.6. The van der Waals surface area contributed by atoms with Crippen LogP contribution in [-0.2, 0) is 16.9 Å². The molecular formula is C17H20N6O2. The fourth-order valence-electron chi connectivity index (χ4n) is 3.45. The van der Waals surface area contributed by atoms with E-state index in [0.29, 0.717) is 31.6 Å². The van der Waals surface area contributed by atoms with Gasteiger partial charge >= 0.3 is 0 Å². The molecule has 2 N–H and O–H groups in total. The van der Waals surface area contributed by atoms with Gasteiger partial charge in [0, 0.05) is 19.5 Å². The average molecular weight is 340 g/mol. The molecule has 0 unspecified atom stereocenters. The van der Waals surface area contributed by atoms with E-state index in [1.54, 1.807) is 11.2 Å². The normalized spacial score (nSPS) is 20.9. The Morgan fingerprint density at radius 2 is 2.24 bits per heavy atom. The van der Waals surface area contributed by atoms with Gasteiger partial charge in [-0.25, -0.2) is 4.98 Å². The van der Waals surface area contributed by atoms with Gasteiger partial charge in [0.25, 0.3) is 0 Å². The molecular weight excluding hydrogens is 320 g/mol. The second kappa shape index (κ2) is 6.29. The number of imidazole rings is 1. The summed E-state index contributed by atoms with van der Waals surface area (Å²) in [6, 6.07) is 7.86. The van der Waals surface area contributed by atoms with Gasteiger partial charge in [0.2, 0.25) is 5.91 Å². The fourth-order valence-corrected chi connectivity index (χ4v) is 3.45. The van der Waals surface area contributed by atoms with Crippen LogP contribution in [0.3, 0.4) is 0 Å². The molecule has 0 aliphatic carbocycles. The highest BCUT2D eigenvalue weighted by molar-refractivity contribution is 5.77. The van der Waals surface area contributed by atoms with Gasteiger partial charge in [-0.15, -0.1) is 0 Å². The lowest BCUT2D eigenvalue weighted by molar-refractivity contribution is -0.139. The maximum Gasteiger partial charge on any atom is 0.224 e. The number of β-amino-alcohol motifs (C(OH)–C–C–N with tert-alkyl or cyclic N) is 1. The first-order valence-electron chi connectivity index (χ1n) is 8.42. The fraction of sp³-hybridized carbons (Fsp3) is 0.412. The first kappa shape index (κ1) is 15.8. The lowest BCUT2D eigenvalue weighted by Crippen LogP contribution is -2.48. The number of nitrogens with zero attached hydrogens (tertiary/aromatic N) is 5. The molecule has 1 aliphatic heterocycles. The number of H-pyrrole nitrogens is 1. The van der Waals surface area contributed by atoms with Crippen LogP contribution in [0, 0.1) is 0 Å². The molecule has 1 amide bonds. The zero-order valence-electron chi connectivity index (χ0n) is 13.8. The third kappa shape index (κ3) is 3.00. The molecule has 1 saturated heterocycles. The Hall–Kier alpha value is -2.74. The SMILES string of the molecule is O=C(CCn1cnc2ccccc21)N1CCC[C@@](O)(c2cn[nH]n2)C1. The summed E-state index contributed by atoms with van der Waals surface area (Å²) in [5.74, 6) is 0.0272. The summed E-state index contributed by atoms with van der Waals surface area (Å²) >= 11 is 0. The summed E-state index contributed by atoms with van der Waals surface area (Å²) in [5.41, 5.74) is 1.31. The van der Waals surface area contributed by atoms with E-state index in [1.807, 2.05) is 28.8 Å². The van der Waals surface area contributed by atoms with E-state index in [9.17, 15) is 9.90 Å². The molecule has 0 bridgehead atoms. The van der Waals surface area contributed by atoms with Gasteiger partial charge in [0.15, 0.2) is 0 Å². The number of nitrogens with one attached hydrogen (secondary N) is 1. The van der Waals surface area contributed by atoms with Crippen molar-refractivity contribution in [1.29, 1.82) is 0 Å². The number of aryl methyl sites for hydroxylation is 1. The molecule has 1 aliphatic rings. The second-order valence-electron chi connectivity index (χ2n) is 6.48. The Labute approximate surface area is 144 Å². The van der Waals surface area contributed by atoms with Crippen molar-refractivity contribution in [3.05, 3.63) is 42.5 Å². The minimum Gasteiger partial charge on any atom is -0.382 e. The summed E-state index contributed by atoms with van der Waals surface area (Å²) in [5, 5.41) is 21.1. The highest BCUT2D eigenvalue weighted by Crippen LogP contribution is 2.30. The van der Waals surface area contributed by atoms with Crippen LogP contribution in [0.25, 0.3) is 11.0 Å². The Morgan fingerprint density at radius 3 is 3.08 bits per heavy atom. The molecule has 1 aromatic carbocycles. The maximum absolute atomic E-state index is 12.6. The van der Waals surface area contributed by atoms with Crippen LogP contribution in [-0.4, -0.2) is 54.0 Å². The smallest absolute Gasteiger partial charge is 0.224 e. The first-order chi connectivity index (χ1) is 12.2. The Bertz CT molecular complexity index is 874. The van der Waals surface area contributed by atoms with E-state index in [0.717, 1.165) is 17.5 Å². The number of para-hydroxylation sites is 2. The molecule has 130 valence electrons. The molecule has 8 heteroatoms. The van der Waals surface area contributed by atoms with Crippen LogP contribution >= 0.6 is 0 Å². The summed E-state index contributed by atoms with van der Waals surface area (Å²) < 4.78 is 1.99. The molecule has 0 saturated carbocycles. The van der Waals surface area contributed by atoms with Gasteiger partial charge in [0.05, 0.1) is 30.1 Å². The van der Waals surface area contributed by atoms with E-state index in [-0.39, 0.29) is 12.5 Å². The topological polar surface area (TPSA) is 99.9 Å². The van der Waals surface area contributed by atoms with Crippen molar-refractivity contribution in [2.45, 2.75) is 31.4 Å². The molecule has 1 atom stereocenters. The Kier molecular flexibility index (Phi) is 3.96. The largest absolute Gasteiger partial charge is 0.382 e. The number of aromatic nitrogens is 5. The third-order valence-electron chi connectivity index (χ3n) is 4.81. The van der Waals surface area contributed by atoms with Gasteiger partial charge in [-0.3, -0.25) is 4.79 Å². The summed E-state index contributed by atoms with van der Waals surface area (Å²) in [6.45, 7) is 1.48. The number of amides is 1. The van der Waals surface area contributed by atoms with Crippen LogP contribution in [0.1, 0.15) is 25.0 Å². The molecule has 3 heterocycles. The molecule has 25 heavy (non-hydrogen) atoms. The highest BCUT2D eigenvalue weighted by Gasteiger charge is 2.38. The van der Waals surface area contributed by atoms with E-state index in [4.69, 9.17) is 0 Å². The number of hydrogen-bond donors (Lipinski definition) is 2. The van der Waals surface area contributed by atoms with Crippen LogP contribution < -0.4 is 0 Å². The van der Waals surface area contributed by atoms with E-state index in [1.165, 1.54) is 6.20 Å². The van der Waals surface area contributed by atoms with Crippen LogP contribution in [0.5, 0.6) is 0 Å².